The third kappa shape index (κ3) is 5.18. The average molecular weight is 374 g/mol. The van der Waals surface area contributed by atoms with E-state index < -0.39 is 6.61 Å². The smallest absolute Gasteiger partial charge is 0.387 e. The lowest BCUT2D eigenvalue weighted by Crippen LogP contribution is -2.29. The molecule has 1 aliphatic rings. The summed E-state index contributed by atoms with van der Waals surface area (Å²) in [5.41, 5.74) is 3.10. The molecule has 1 fully saturated rings. The Morgan fingerprint density at radius 3 is 2.44 bits per heavy atom. The van der Waals surface area contributed by atoms with Crippen molar-refractivity contribution in [3.63, 3.8) is 0 Å². The van der Waals surface area contributed by atoms with Gasteiger partial charge in [-0.2, -0.15) is 8.78 Å². The first-order valence-corrected chi connectivity index (χ1v) is 9.13. The Hall–Kier alpha value is -2.63. The van der Waals surface area contributed by atoms with E-state index in [1.165, 1.54) is 30.7 Å². The standard InChI is InChI=1S/C21H24F2N2O2/c1-24(15-17-6-2-3-7-19(17)25-12-4-5-13-25)20(26)14-16-8-10-18(11-9-16)27-21(22)23/h2-3,6-11,21H,4-5,12-15H2,1H3. The van der Waals surface area contributed by atoms with Crippen molar-refractivity contribution in [2.24, 2.45) is 0 Å². The molecule has 4 nitrogen and oxygen atoms in total. The number of hydrogen-bond donors (Lipinski definition) is 0. The molecule has 0 bridgehead atoms. The number of benzene rings is 2. The Bertz CT molecular complexity index is 759. The number of carbonyl (C=O) groups excluding carboxylic acids is 1. The first kappa shape index (κ1) is 19.1. The zero-order chi connectivity index (χ0) is 19.2. The number of halogens is 2. The van der Waals surface area contributed by atoms with E-state index in [1.807, 2.05) is 12.1 Å². The summed E-state index contributed by atoms with van der Waals surface area (Å²) >= 11 is 0. The molecule has 1 aliphatic heterocycles. The number of hydrogen-bond acceptors (Lipinski definition) is 3. The van der Waals surface area contributed by atoms with Gasteiger partial charge in [0.25, 0.3) is 0 Å². The number of rotatable bonds is 7. The van der Waals surface area contributed by atoms with Crippen LogP contribution in [0.4, 0.5) is 14.5 Å². The fourth-order valence-corrected chi connectivity index (χ4v) is 3.35. The molecule has 6 heteroatoms. The van der Waals surface area contributed by atoms with Gasteiger partial charge in [0.15, 0.2) is 0 Å². The van der Waals surface area contributed by atoms with Gasteiger partial charge in [0.2, 0.25) is 5.91 Å². The number of para-hydroxylation sites is 1. The summed E-state index contributed by atoms with van der Waals surface area (Å²) in [5, 5.41) is 0. The maximum Gasteiger partial charge on any atom is 0.387 e. The molecule has 0 atom stereocenters. The van der Waals surface area contributed by atoms with E-state index in [4.69, 9.17) is 0 Å². The van der Waals surface area contributed by atoms with Crippen molar-refractivity contribution < 1.29 is 18.3 Å². The van der Waals surface area contributed by atoms with Crippen molar-refractivity contribution in [3.8, 4) is 5.75 Å². The van der Waals surface area contributed by atoms with Crippen molar-refractivity contribution >= 4 is 11.6 Å². The summed E-state index contributed by atoms with van der Waals surface area (Å²) < 4.78 is 28.7. The zero-order valence-electron chi connectivity index (χ0n) is 15.4. The van der Waals surface area contributed by atoms with Crippen molar-refractivity contribution in [1.82, 2.24) is 4.90 Å². The lowest BCUT2D eigenvalue weighted by atomic mass is 10.1. The van der Waals surface area contributed by atoms with Crippen molar-refractivity contribution in [2.45, 2.75) is 32.4 Å². The molecule has 144 valence electrons. The molecule has 1 heterocycles. The molecule has 1 saturated heterocycles. The molecule has 1 amide bonds. The molecule has 2 aromatic carbocycles. The van der Waals surface area contributed by atoms with Gasteiger partial charge in [0.1, 0.15) is 5.75 Å². The number of amides is 1. The first-order valence-electron chi connectivity index (χ1n) is 9.13. The number of likely N-dealkylation sites (N-methyl/N-ethyl adjacent to an activating group) is 1. The fraction of sp³-hybridized carbons (Fsp3) is 0.381. The van der Waals surface area contributed by atoms with Gasteiger partial charge < -0.3 is 14.5 Å². The molecule has 0 spiro atoms. The maximum absolute atomic E-state index is 12.6. The van der Waals surface area contributed by atoms with Crippen LogP contribution in [0.5, 0.6) is 5.75 Å². The van der Waals surface area contributed by atoms with Gasteiger partial charge in [0.05, 0.1) is 6.42 Å². The monoisotopic (exact) mass is 374 g/mol. The fourth-order valence-electron chi connectivity index (χ4n) is 3.35. The minimum absolute atomic E-state index is 0.0197. The molecule has 0 saturated carbocycles. The van der Waals surface area contributed by atoms with Crippen molar-refractivity contribution in [1.29, 1.82) is 0 Å². The highest BCUT2D eigenvalue weighted by atomic mass is 19.3. The average Bonchev–Trinajstić information content (AvgIpc) is 3.18. The number of carbonyl (C=O) groups is 1. The lowest BCUT2D eigenvalue weighted by Gasteiger charge is -2.24. The van der Waals surface area contributed by atoms with Crippen LogP contribution in [-0.2, 0) is 17.8 Å². The van der Waals surface area contributed by atoms with Crippen LogP contribution in [0.2, 0.25) is 0 Å². The van der Waals surface area contributed by atoms with Crippen molar-refractivity contribution in [3.05, 3.63) is 59.7 Å². The van der Waals surface area contributed by atoms with Gasteiger partial charge in [-0.1, -0.05) is 30.3 Å². The van der Waals surface area contributed by atoms with Crippen molar-refractivity contribution in [2.75, 3.05) is 25.0 Å². The van der Waals surface area contributed by atoms with Crippen LogP contribution in [-0.4, -0.2) is 37.6 Å². The van der Waals surface area contributed by atoms with Crippen LogP contribution >= 0.6 is 0 Å². The highest BCUT2D eigenvalue weighted by Gasteiger charge is 2.18. The van der Waals surface area contributed by atoms with Gasteiger partial charge in [-0.3, -0.25) is 4.79 Å². The highest BCUT2D eigenvalue weighted by molar-refractivity contribution is 5.78. The van der Waals surface area contributed by atoms with Crippen LogP contribution in [0.3, 0.4) is 0 Å². The van der Waals surface area contributed by atoms with Crippen LogP contribution in [0.1, 0.15) is 24.0 Å². The summed E-state index contributed by atoms with van der Waals surface area (Å²) in [7, 11) is 1.79. The van der Waals surface area contributed by atoms with Crippen LogP contribution in [0.15, 0.2) is 48.5 Å². The SMILES string of the molecule is CN(Cc1ccccc1N1CCCC1)C(=O)Cc1ccc(OC(F)F)cc1. The van der Waals surface area contributed by atoms with E-state index in [-0.39, 0.29) is 18.1 Å². The normalized spacial score (nSPS) is 13.9. The molecule has 3 rings (SSSR count). The Kier molecular flexibility index (Phi) is 6.27. The molecular weight excluding hydrogens is 350 g/mol. The second-order valence-electron chi connectivity index (χ2n) is 6.77. The summed E-state index contributed by atoms with van der Waals surface area (Å²) in [6, 6.07) is 14.4. The predicted molar refractivity (Wildman–Crippen MR) is 101 cm³/mol. The van der Waals surface area contributed by atoms with Crippen LogP contribution in [0, 0.1) is 0 Å². The van der Waals surface area contributed by atoms with Gasteiger partial charge in [-0.15, -0.1) is 0 Å². The number of anilines is 1. The van der Waals surface area contributed by atoms with E-state index in [9.17, 15) is 13.6 Å². The van der Waals surface area contributed by atoms with Gasteiger partial charge in [-0.25, -0.2) is 0 Å². The second kappa shape index (κ2) is 8.84. The molecular formula is C21H24F2N2O2. The van der Waals surface area contributed by atoms with E-state index in [2.05, 4.69) is 21.8 Å². The lowest BCUT2D eigenvalue weighted by molar-refractivity contribution is -0.129. The largest absolute Gasteiger partial charge is 0.435 e. The summed E-state index contributed by atoms with van der Waals surface area (Å²) in [5.74, 6) is 0.0721. The second-order valence-corrected chi connectivity index (χ2v) is 6.77. The predicted octanol–water partition coefficient (Wildman–Crippen LogP) is 4.09. The Morgan fingerprint density at radius 2 is 1.78 bits per heavy atom. The quantitative estimate of drug-likeness (QED) is 0.732. The van der Waals surface area contributed by atoms with E-state index >= 15 is 0 Å². The molecule has 27 heavy (non-hydrogen) atoms. The van der Waals surface area contributed by atoms with E-state index in [0.717, 1.165) is 24.2 Å². The van der Waals surface area contributed by atoms with Gasteiger partial charge in [0, 0.05) is 32.4 Å². The Morgan fingerprint density at radius 1 is 1.11 bits per heavy atom. The minimum Gasteiger partial charge on any atom is -0.435 e. The zero-order valence-corrected chi connectivity index (χ0v) is 15.4. The van der Waals surface area contributed by atoms with Gasteiger partial charge >= 0.3 is 6.61 Å². The summed E-state index contributed by atoms with van der Waals surface area (Å²) in [6.07, 6.45) is 2.63. The molecule has 2 aromatic rings. The van der Waals surface area contributed by atoms with E-state index in [1.54, 1.807) is 24.1 Å². The minimum atomic E-state index is -2.85. The number of ether oxygens (including phenoxy) is 1. The van der Waals surface area contributed by atoms with Crippen LogP contribution in [0.25, 0.3) is 0 Å². The maximum atomic E-state index is 12.6. The van der Waals surface area contributed by atoms with E-state index in [0.29, 0.717) is 6.54 Å². The summed E-state index contributed by atoms with van der Waals surface area (Å²) in [6.45, 7) is -0.194. The van der Waals surface area contributed by atoms with Crippen LogP contribution < -0.4 is 9.64 Å². The third-order valence-electron chi connectivity index (χ3n) is 4.78. The number of nitrogens with zero attached hydrogens (tertiary/aromatic N) is 2. The molecule has 0 aromatic heterocycles. The third-order valence-corrected chi connectivity index (χ3v) is 4.78. The first-order chi connectivity index (χ1) is 13.0. The summed E-state index contributed by atoms with van der Waals surface area (Å²) in [4.78, 5) is 16.7. The Balaban J connectivity index is 1.61. The molecule has 0 radical (unpaired) electrons. The topological polar surface area (TPSA) is 32.8 Å². The Labute approximate surface area is 158 Å². The highest BCUT2D eigenvalue weighted by Crippen LogP contribution is 2.25. The molecule has 0 N–H and O–H groups in total. The molecule has 0 unspecified atom stereocenters. The number of alkyl halides is 2. The van der Waals surface area contributed by atoms with Gasteiger partial charge in [-0.05, 0) is 42.2 Å². The molecule has 0 aliphatic carbocycles.